The Balaban J connectivity index is 1.67. The van der Waals surface area contributed by atoms with Crippen molar-refractivity contribution in [1.82, 2.24) is 4.98 Å². The minimum absolute atomic E-state index is 0.209. The van der Waals surface area contributed by atoms with Crippen LogP contribution in [0.2, 0.25) is 0 Å². The second-order valence-corrected chi connectivity index (χ2v) is 7.28. The van der Waals surface area contributed by atoms with Gasteiger partial charge in [0.15, 0.2) is 6.61 Å². The number of nitrogens with one attached hydrogen (secondary N) is 2. The molecule has 0 aliphatic heterocycles. The van der Waals surface area contributed by atoms with Crippen molar-refractivity contribution in [3.8, 4) is 5.75 Å². The first-order valence-corrected chi connectivity index (χ1v) is 9.67. The van der Waals surface area contributed by atoms with Gasteiger partial charge in [-0.1, -0.05) is 35.9 Å². The summed E-state index contributed by atoms with van der Waals surface area (Å²) >= 11 is 0. The van der Waals surface area contributed by atoms with Crippen LogP contribution in [0.25, 0.3) is 0 Å². The van der Waals surface area contributed by atoms with Gasteiger partial charge in [0.25, 0.3) is 11.8 Å². The first-order valence-electron chi connectivity index (χ1n) is 9.67. The summed E-state index contributed by atoms with van der Waals surface area (Å²) in [7, 11) is 0. The van der Waals surface area contributed by atoms with Crippen LogP contribution in [0.15, 0.2) is 54.7 Å². The summed E-state index contributed by atoms with van der Waals surface area (Å²) in [5.41, 5.74) is 5.24. The van der Waals surface area contributed by atoms with E-state index in [0.29, 0.717) is 17.1 Å². The van der Waals surface area contributed by atoms with E-state index in [4.69, 9.17) is 4.74 Å². The summed E-state index contributed by atoms with van der Waals surface area (Å²) in [6, 6.07) is 14.4. The maximum absolute atomic E-state index is 12.6. The zero-order valence-electron chi connectivity index (χ0n) is 17.6. The number of carbonyl (C=O) groups excluding carboxylic acids is 2. The number of aryl methyl sites for hydroxylation is 4. The standard InChI is InChI=1S/C24H25N3O3/c1-15-9-10-21(25-13-15)26-24(29)19-7-5-6-8-20(19)30-14-22(28)27-23-17(3)11-16(2)12-18(23)4/h5-13H,14H2,1-4H3,(H,27,28)(H,25,26,29). The van der Waals surface area contributed by atoms with E-state index in [9.17, 15) is 9.59 Å². The normalized spacial score (nSPS) is 10.4. The molecule has 30 heavy (non-hydrogen) atoms. The third-order valence-electron chi connectivity index (χ3n) is 4.58. The summed E-state index contributed by atoms with van der Waals surface area (Å²) < 4.78 is 5.66. The second-order valence-electron chi connectivity index (χ2n) is 7.28. The Morgan fingerprint density at radius 1 is 0.900 bits per heavy atom. The fourth-order valence-corrected chi connectivity index (χ4v) is 3.20. The van der Waals surface area contributed by atoms with E-state index in [2.05, 4.69) is 15.6 Å². The zero-order valence-corrected chi connectivity index (χ0v) is 17.6. The third-order valence-corrected chi connectivity index (χ3v) is 4.58. The van der Waals surface area contributed by atoms with Crippen molar-refractivity contribution < 1.29 is 14.3 Å². The molecular formula is C24H25N3O3. The van der Waals surface area contributed by atoms with Gasteiger partial charge < -0.3 is 15.4 Å². The lowest BCUT2D eigenvalue weighted by Crippen LogP contribution is -2.22. The van der Waals surface area contributed by atoms with E-state index < -0.39 is 0 Å². The number of nitrogens with zero attached hydrogens (tertiary/aromatic N) is 1. The fourth-order valence-electron chi connectivity index (χ4n) is 3.20. The van der Waals surface area contributed by atoms with Crippen molar-refractivity contribution >= 4 is 23.3 Å². The lowest BCUT2D eigenvalue weighted by atomic mass is 10.1. The molecule has 0 atom stereocenters. The fraction of sp³-hybridized carbons (Fsp3) is 0.208. The van der Waals surface area contributed by atoms with Crippen LogP contribution in [-0.2, 0) is 4.79 Å². The summed E-state index contributed by atoms with van der Waals surface area (Å²) in [6.07, 6.45) is 1.68. The minimum Gasteiger partial charge on any atom is -0.483 e. The Labute approximate surface area is 176 Å². The van der Waals surface area contributed by atoms with Gasteiger partial charge in [-0.2, -0.15) is 0 Å². The molecule has 0 radical (unpaired) electrons. The number of aromatic nitrogens is 1. The molecule has 0 bridgehead atoms. The highest BCUT2D eigenvalue weighted by Gasteiger charge is 2.15. The molecule has 1 aromatic heterocycles. The highest BCUT2D eigenvalue weighted by molar-refractivity contribution is 6.05. The van der Waals surface area contributed by atoms with Crippen molar-refractivity contribution in [1.29, 1.82) is 0 Å². The number of rotatable bonds is 6. The molecule has 1 heterocycles. The van der Waals surface area contributed by atoms with Crippen LogP contribution in [0.5, 0.6) is 5.75 Å². The van der Waals surface area contributed by atoms with Gasteiger partial charge in [-0.25, -0.2) is 4.98 Å². The number of carbonyl (C=O) groups is 2. The van der Waals surface area contributed by atoms with Crippen molar-refractivity contribution in [2.45, 2.75) is 27.7 Å². The van der Waals surface area contributed by atoms with Gasteiger partial charge in [-0.05, 0) is 62.6 Å². The topological polar surface area (TPSA) is 80.3 Å². The summed E-state index contributed by atoms with van der Waals surface area (Å²) in [5.74, 6) is 0.131. The molecule has 0 aliphatic rings. The molecule has 2 N–H and O–H groups in total. The molecule has 2 aromatic carbocycles. The Morgan fingerprint density at radius 2 is 1.60 bits per heavy atom. The average Bonchev–Trinajstić information content (AvgIpc) is 2.71. The van der Waals surface area contributed by atoms with E-state index in [1.807, 2.05) is 45.9 Å². The minimum atomic E-state index is -0.354. The molecule has 3 rings (SSSR count). The lowest BCUT2D eigenvalue weighted by Gasteiger charge is -2.14. The van der Waals surface area contributed by atoms with E-state index in [0.717, 1.165) is 27.9 Å². The van der Waals surface area contributed by atoms with Crippen molar-refractivity contribution in [2.75, 3.05) is 17.2 Å². The zero-order chi connectivity index (χ0) is 21.7. The van der Waals surface area contributed by atoms with Crippen molar-refractivity contribution in [3.05, 3.63) is 82.5 Å². The van der Waals surface area contributed by atoms with E-state index in [-0.39, 0.29) is 18.4 Å². The molecule has 0 saturated heterocycles. The van der Waals surface area contributed by atoms with Crippen LogP contribution in [0.1, 0.15) is 32.6 Å². The summed E-state index contributed by atoms with van der Waals surface area (Å²) in [6.45, 7) is 7.64. The van der Waals surface area contributed by atoms with Crippen molar-refractivity contribution in [2.24, 2.45) is 0 Å². The molecule has 0 spiro atoms. The highest BCUT2D eigenvalue weighted by atomic mass is 16.5. The molecule has 6 heteroatoms. The quantitative estimate of drug-likeness (QED) is 0.631. The van der Waals surface area contributed by atoms with Gasteiger partial charge in [0.2, 0.25) is 0 Å². The van der Waals surface area contributed by atoms with Gasteiger partial charge in [-0.15, -0.1) is 0 Å². The summed E-state index contributed by atoms with van der Waals surface area (Å²) in [5, 5.41) is 5.64. The maximum Gasteiger partial charge on any atom is 0.262 e. The van der Waals surface area contributed by atoms with Gasteiger partial charge >= 0.3 is 0 Å². The predicted octanol–water partition coefficient (Wildman–Crippen LogP) is 4.59. The number of benzene rings is 2. The molecule has 0 aliphatic carbocycles. The molecule has 6 nitrogen and oxygen atoms in total. The average molecular weight is 403 g/mol. The van der Waals surface area contributed by atoms with Gasteiger partial charge in [0.1, 0.15) is 11.6 Å². The number of hydrogen-bond acceptors (Lipinski definition) is 4. The maximum atomic E-state index is 12.6. The first kappa shape index (κ1) is 21.0. The van der Waals surface area contributed by atoms with Crippen LogP contribution >= 0.6 is 0 Å². The van der Waals surface area contributed by atoms with Gasteiger partial charge in [-0.3, -0.25) is 9.59 Å². The second kappa shape index (κ2) is 9.22. The first-order chi connectivity index (χ1) is 14.3. The van der Waals surface area contributed by atoms with Crippen LogP contribution in [-0.4, -0.2) is 23.4 Å². The highest BCUT2D eigenvalue weighted by Crippen LogP contribution is 2.23. The molecule has 0 fully saturated rings. The van der Waals surface area contributed by atoms with E-state index in [1.165, 1.54) is 0 Å². The van der Waals surface area contributed by atoms with Gasteiger partial charge in [0.05, 0.1) is 5.56 Å². The molecule has 2 amide bonds. The van der Waals surface area contributed by atoms with E-state index >= 15 is 0 Å². The van der Waals surface area contributed by atoms with Crippen LogP contribution in [0.3, 0.4) is 0 Å². The Bertz CT molecular complexity index is 1050. The molecule has 0 saturated carbocycles. The number of amides is 2. The number of hydrogen-bond donors (Lipinski definition) is 2. The Morgan fingerprint density at radius 3 is 2.27 bits per heavy atom. The van der Waals surface area contributed by atoms with Gasteiger partial charge in [0, 0.05) is 11.9 Å². The largest absolute Gasteiger partial charge is 0.483 e. The predicted molar refractivity (Wildman–Crippen MR) is 118 cm³/mol. The lowest BCUT2D eigenvalue weighted by molar-refractivity contribution is -0.118. The Hall–Kier alpha value is -3.67. The number of anilines is 2. The number of pyridine rings is 1. The number of para-hydroxylation sites is 1. The number of ether oxygens (including phenoxy) is 1. The molecule has 0 unspecified atom stereocenters. The molecular weight excluding hydrogens is 378 g/mol. The molecule has 3 aromatic rings. The van der Waals surface area contributed by atoms with Crippen LogP contribution < -0.4 is 15.4 Å². The smallest absolute Gasteiger partial charge is 0.262 e. The van der Waals surface area contributed by atoms with E-state index in [1.54, 1.807) is 36.5 Å². The van der Waals surface area contributed by atoms with Crippen molar-refractivity contribution in [3.63, 3.8) is 0 Å². The van der Waals surface area contributed by atoms with Crippen LogP contribution in [0.4, 0.5) is 11.5 Å². The Kier molecular flexibility index (Phi) is 6.47. The SMILES string of the molecule is Cc1ccc(NC(=O)c2ccccc2OCC(=O)Nc2c(C)cc(C)cc2C)nc1. The summed E-state index contributed by atoms with van der Waals surface area (Å²) in [4.78, 5) is 29.3. The van der Waals surface area contributed by atoms with Crippen LogP contribution in [0, 0.1) is 27.7 Å². The molecule has 154 valence electrons. The monoisotopic (exact) mass is 403 g/mol. The third kappa shape index (κ3) is 5.23.